The molecule has 1 N–H and O–H groups in total. The van der Waals surface area contributed by atoms with Crippen molar-refractivity contribution in [2.24, 2.45) is 0 Å². The average Bonchev–Trinajstić information content (AvgIpc) is 3.46. The van der Waals surface area contributed by atoms with Crippen LogP contribution in [0.3, 0.4) is 0 Å². The molecule has 1 aliphatic heterocycles. The van der Waals surface area contributed by atoms with Gasteiger partial charge in [-0.05, 0) is 62.1 Å². The van der Waals surface area contributed by atoms with Gasteiger partial charge in [0.25, 0.3) is 5.91 Å². The Bertz CT molecular complexity index is 2190. The Balaban J connectivity index is 0.000000233. The number of sulfonamides is 1. The summed E-state index contributed by atoms with van der Waals surface area (Å²) in [4.78, 5) is 38.0. The molecule has 1 unspecified atom stereocenters. The largest absolute Gasteiger partial charge is 0.489 e. The Morgan fingerprint density at radius 1 is 1.04 bits per heavy atom. The van der Waals surface area contributed by atoms with Crippen LogP contribution in [-0.2, 0) is 37.2 Å². The van der Waals surface area contributed by atoms with E-state index in [2.05, 4.69) is 23.7 Å². The number of nitrogens with one attached hydrogen (secondary N) is 1. The molecule has 312 valence electrons. The van der Waals surface area contributed by atoms with Gasteiger partial charge in [0.2, 0.25) is 15.9 Å². The van der Waals surface area contributed by atoms with Crippen molar-refractivity contribution >= 4 is 96.9 Å². The number of para-hydroxylation sites is 3. The molecular weight excluding hydrogens is 876 g/mol. The third-order valence-electron chi connectivity index (χ3n) is 8.11. The van der Waals surface area contributed by atoms with Gasteiger partial charge in [0.1, 0.15) is 30.8 Å². The number of hydrogen-bond donors (Lipinski definition) is 1. The molecule has 0 spiro atoms. The zero-order valence-electron chi connectivity index (χ0n) is 31.6. The number of fused-ring (bicyclic) bond motifs is 1. The molecule has 0 saturated heterocycles. The SMILES string of the molecule is CC1COc2ccccc2N1C(=O)C(Cl)Cl.CCc1cccc(CC)c1N(COC)C(=O)CCl.Cc1nn(-c2cc(NS(C)(=O)=O)c(Cl)cc2Cl)c(=O)n1C(F)F. The Hall–Kier alpha value is -3.64. The number of methoxy groups -OCH3 is 1. The number of amides is 2. The van der Waals surface area contributed by atoms with Crippen LogP contribution in [0.25, 0.3) is 5.69 Å². The van der Waals surface area contributed by atoms with Crippen molar-refractivity contribution in [2.45, 2.75) is 58.0 Å². The maximum Gasteiger partial charge on any atom is 0.355 e. The monoisotopic (exact) mass is 914 g/mol. The van der Waals surface area contributed by atoms with Gasteiger partial charge < -0.3 is 14.4 Å². The first-order chi connectivity index (χ1) is 26.8. The Labute approximate surface area is 354 Å². The number of halogens is 7. The van der Waals surface area contributed by atoms with Crippen LogP contribution in [-0.4, -0.2) is 78.0 Å². The van der Waals surface area contributed by atoms with E-state index >= 15 is 0 Å². The van der Waals surface area contributed by atoms with Crippen molar-refractivity contribution in [2.75, 3.05) is 47.1 Å². The molecule has 2 amide bonds. The van der Waals surface area contributed by atoms with E-state index in [1.165, 1.54) is 13.0 Å². The number of carbonyl (C=O) groups is 2. The van der Waals surface area contributed by atoms with Gasteiger partial charge in [0, 0.05) is 7.11 Å². The van der Waals surface area contributed by atoms with Gasteiger partial charge in [0.05, 0.1) is 45.1 Å². The molecule has 57 heavy (non-hydrogen) atoms. The zero-order chi connectivity index (χ0) is 42.8. The highest BCUT2D eigenvalue weighted by atomic mass is 35.5. The van der Waals surface area contributed by atoms with E-state index in [1.807, 2.05) is 49.4 Å². The minimum atomic E-state index is -3.65. The number of carbonyl (C=O) groups excluding carboxylic acids is 2. The second-order valence-electron chi connectivity index (χ2n) is 12.2. The standard InChI is InChI=1S/C14H20ClNO2.C11H10Cl2F2N4O3S.C11H11Cl2NO2/c1-4-11-7-6-8-12(5-2)14(11)16(10-18-3)13(17)9-15;1-5-16-19(11(20)18(5)10(14)15)9-4-8(17-23(2,21)22)6(12)3-7(9)13;1-7-6-16-9-5-3-2-4-8(9)14(7)11(15)10(12)13/h6-8H,4-5,9-10H2,1-3H3;3-4,10,17H,1-2H3;2-5,7,10H,6H2,1H3. The van der Waals surface area contributed by atoms with Gasteiger partial charge in [-0.2, -0.15) is 13.5 Å². The summed E-state index contributed by atoms with van der Waals surface area (Å²) in [5.74, 6) is -0.0258. The van der Waals surface area contributed by atoms with Gasteiger partial charge >= 0.3 is 12.2 Å². The molecule has 13 nitrogen and oxygen atoms in total. The summed E-state index contributed by atoms with van der Waals surface area (Å²) in [6.45, 7) is 4.88. The van der Waals surface area contributed by atoms with Gasteiger partial charge in [-0.3, -0.25) is 19.2 Å². The summed E-state index contributed by atoms with van der Waals surface area (Å²) < 4.78 is 61.9. The molecule has 4 aromatic rings. The van der Waals surface area contributed by atoms with Crippen LogP contribution in [0.2, 0.25) is 10.0 Å². The lowest BCUT2D eigenvalue weighted by Gasteiger charge is -2.35. The molecular formula is C36H41Cl5F2N6O7S. The van der Waals surface area contributed by atoms with Crippen molar-refractivity contribution in [3.63, 3.8) is 0 Å². The third kappa shape index (κ3) is 12.2. The summed E-state index contributed by atoms with van der Waals surface area (Å²) >= 11 is 28.8. The fourth-order valence-corrected chi connectivity index (χ4v) is 7.09. The highest BCUT2D eigenvalue weighted by Crippen LogP contribution is 2.35. The number of alkyl halides is 5. The number of anilines is 3. The van der Waals surface area contributed by atoms with Crippen molar-refractivity contribution < 1.29 is 36.3 Å². The van der Waals surface area contributed by atoms with E-state index in [-0.39, 0.29) is 62.3 Å². The summed E-state index contributed by atoms with van der Waals surface area (Å²) in [6.07, 6.45) is 2.65. The first-order valence-electron chi connectivity index (χ1n) is 17.0. The van der Waals surface area contributed by atoms with E-state index in [0.717, 1.165) is 47.7 Å². The lowest BCUT2D eigenvalue weighted by Crippen LogP contribution is -2.47. The first kappa shape index (κ1) is 47.7. The van der Waals surface area contributed by atoms with E-state index in [4.69, 9.17) is 67.5 Å². The smallest absolute Gasteiger partial charge is 0.355 e. The van der Waals surface area contributed by atoms with Crippen LogP contribution < -0.4 is 24.9 Å². The first-order valence-corrected chi connectivity index (χ1v) is 21.1. The molecule has 0 radical (unpaired) electrons. The Morgan fingerprint density at radius 2 is 1.65 bits per heavy atom. The third-order valence-corrected chi connectivity index (χ3v) is 9.92. The minimum absolute atomic E-state index is 0.0257. The van der Waals surface area contributed by atoms with Crippen LogP contribution in [0.4, 0.5) is 25.8 Å². The quantitative estimate of drug-likeness (QED) is 0.118. The zero-order valence-corrected chi connectivity index (χ0v) is 36.2. The fraction of sp³-hybridized carbons (Fsp3) is 0.389. The number of hydrogen-bond acceptors (Lipinski definition) is 8. The molecule has 1 aliphatic rings. The highest BCUT2D eigenvalue weighted by molar-refractivity contribution is 7.92. The fourth-order valence-electron chi connectivity index (χ4n) is 5.60. The van der Waals surface area contributed by atoms with Crippen LogP contribution in [0, 0.1) is 6.92 Å². The Kier molecular flexibility index (Phi) is 17.9. The van der Waals surface area contributed by atoms with Gasteiger partial charge in [0.15, 0.2) is 4.84 Å². The lowest BCUT2D eigenvalue weighted by atomic mass is 10.0. The van der Waals surface area contributed by atoms with Gasteiger partial charge in [-0.25, -0.2) is 17.8 Å². The van der Waals surface area contributed by atoms with Gasteiger partial charge in [-0.1, -0.05) is 90.6 Å². The van der Waals surface area contributed by atoms with Crippen molar-refractivity contribution in [3.05, 3.63) is 92.1 Å². The van der Waals surface area contributed by atoms with E-state index in [9.17, 15) is 31.6 Å². The van der Waals surface area contributed by atoms with Crippen LogP contribution in [0.15, 0.2) is 59.4 Å². The van der Waals surface area contributed by atoms with Crippen molar-refractivity contribution in [3.8, 4) is 11.4 Å². The van der Waals surface area contributed by atoms with Crippen molar-refractivity contribution in [1.29, 1.82) is 0 Å². The maximum absolute atomic E-state index is 12.8. The molecule has 2 heterocycles. The number of benzene rings is 3. The molecule has 0 saturated carbocycles. The van der Waals surface area contributed by atoms with Crippen LogP contribution in [0.1, 0.15) is 44.3 Å². The molecule has 0 fully saturated rings. The maximum atomic E-state index is 12.8. The van der Waals surface area contributed by atoms with E-state index in [1.54, 1.807) is 16.9 Å². The molecule has 0 bridgehead atoms. The summed E-state index contributed by atoms with van der Waals surface area (Å²) in [7, 11) is -2.07. The lowest BCUT2D eigenvalue weighted by molar-refractivity contribution is -0.118. The number of nitrogens with zero attached hydrogens (tertiary/aromatic N) is 5. The average molecular weight is 917 g/mol. The molecule has 1 aromatic heterocycles. The van der Waals surface area contributed by atoms with Gasteiger partial charge in [-0.15, -0.1) is 16.7 Å². The molecule has 21 heteroatoms. The molecule has 1 atom stereocenters. The molecule has 5 rings (SSSR count). The van der Waals surface area contributed by atoms with E-state index in [0.29, 0.717) is 17.0 Å². The number of aromatic nitrogens is 3. The summed E-state index contributed by atoms with van der Waals surface area (Å²) in [6, 6.07) is 15.7. The predicted molar refractivity (Wildman–Crippen MR) is 222 cm³/mol. The van der Waals surface area contributed by atoms with Crippen molar-refractivity contribution in [1.82, 2.24) is 14.3 Å². The summed E-state index contributed by atoms with van der Waals surface area (Å²) in [5, 5.41) is 3.63. The molecule has 0 aliphatic carbocycles. The predicted octanol–water partition coefficient (Wildman–Crippen LogP) is 8.01. The second kappa shape index (κ2) is 21.4. The number of rotatable bonds is 11. The topological polar surface area (TPSA) is 145 Å². The highest BCUT2D eigenvalue weighted by Gasteiger charge is 2.32. The van der Waals surface area contributed by atoms with Crippen LogP contribution in [0.5, 0.6) is 5.75 Å². The number of ether oxygens (including phenoxy) is 2. The minimum Gasteiger partial charge on any atom is -0.489 e. The summed E-state index contributed by atoms with van der Waals surface area (Å²) in [5.41, 5.74) is 2.69. The number of aryl methyl sites for hydroxylation is 3. The van der Waals surface area contributed by atoms with Crippen LogP contribution >= 0.6 is 58.0 Å². The normalized spacial score (nSPS) is 13.5. The molecule has 3 aromatic carbocycles. The Morgan fingerprint density at radius 3 is 2.16 bits per heavy atom. The van der Waals surface area contributed by atoms with E-state index < -0.39 is 27.1 Å². The second-order valence-corrected chi connectivity index (χ2v) is 16.1.